The Morgan fingerprint density at radius 2 is 1.71 bits per heavy atom. The summed E-state index contributed by atoms with van der Waals surface area (Å²) >= 11 is 0. The molecule has 45 heavy (non-hydrogen) atoms. The van der Waals surface area contributed by atoms with Crippen LogP contribution in [0.5, 0.6) is 0 Å². The minimum Gasteiger partial charge on any atom is -0.385 e. The van der Waals surface area contributed by atoms with Gasteiger partial charge in [-0.2, -0.15) is 5.10 Å². The lowest BCUT2D eigenvalue weighted by Crippen LogP contribution is -2.54. The lowest BCUT2D eigenvalue weighted by atomic mass is 9.80. The second-order valence-corrected chi connectivity index (χ2v) is 12.9. The summed E-state index contributed by atoms with van der Waals surface area (Å²) < 4.78 is 2.15. The first-order valence-corrected chi connectivity index (χ1v) is 16.0. The number of imide groups is 2. The van der Waals surface area contributed by atoms with Crippen molar-refractivity contribution in [3.05, 3.63) is 59.5 Å². The average molecular weight is 609 g/mol. The van der Waals surface area contributed by atoms with Crippen molar-refractivity contribution in [1.82, 2.24) is 30.3 Å². The number of anilines is 2. The van der Waals surface area contributed by atoms with E-state index in [0.29, 0.717) is 17.9 Å². The smallest absolute Gasteiger partial charge is 0.262 e. The zero-order valence-corrected chi connectivity index (χ0v) is 25.0. The van der Waals surface area contributed by atoms with Crippen LogP contribution in [0, 0.1) is 5.92 Å². The van der Waals surface area contributed by atoms with E-state index >= 15 is 0 Å². The number of hydrogen-bond donors (Lipinski definition) is 3. The molecule has 1 aromatic carbocycles. The number of nitrogens with one attached hydrogen (secondary N) is 3. The SMILES string of the molecule is O=C1CCC(N2C(=O)c3ccc(NC[C@H]4C[C@H](n5cc(-c6cc(N7CCNCC7)ccn6)c(C6CC6)n5)C4)cc3C2=O)C(=O)N1. The maximum absolute atomic E-state index is 13.2. The van der Waals surface area contributed by atoms with Gasteiger partial charge in [0.2, 0.25) is 11.8 Å². The molecule has 2 aromatic heterocycles. The van der Waals surface area contributed by atoms with Gasteiger partial charge in [0, 0.05) is 74.4 Å². The zero-order valence-electron chi connectivity index (χ0n) is 25.0. The summed E-state index contributed by atoms with van der Waals surface area (Å²) in [5.74, 6) is -1.01. The van der Waals surface area contributed by atoms with Crippen LogP contribution in [-0.2, 0) is 9.59 Å². The number of piperazine rings is 1. The number of fused-ring (bicyclic) bond motifs is 1. The van der Waals surface area contributed by atoms with E-state index in [1.54, 1.807) is 18.2 Å². The van der Waals surface area contributed by atoms with Crippen molar-refractivity contribution in [3.63, 3.8) is 0 Å². The minimum atomic E-state index is -0.964. The summed E-state index contributed by atoms with van der Waals surface area (Å²) in [6.45, 7) is 4.72. The Labute approximate surface area is 260 Å². The summed E-state index contributed by atoms with van der Waals surface area (Å²) in [7, 11) is 0. The Morgan fingerprint density at radius 1 is 0.911 bits per heavy atom. The number of aromatic nitrogens is 3. The molecule has 8 rings (SSSR count). The van der Waals surface area contributed by atoms with E-state index in [4.69, 9.17) is 10.1 Å². The molecule has 1 atom stereocenters. The molecular weight excluding hydrogens is 572 g/mol. The number of pyridine rings is 1. The molecule has 12 nitrogen and oxygen atoms in total. The van der Waals surface area contributed by atoms with Crippen LogP contribution in [0.2, 0.25) is 0 Å². The lowest BCUT2D eigenvalue weighted by Gasteiger charge is -2.35. The average Bonchev–Trinajstić information content (AvgIpc) is 3.74. The number of carbonyl (C=O) groups is 4. The van der Waals surface area contributed by atoms with Gasteiger partial charge in [-0.25, -0.2) is 0 Å². The second-order valence-electron chi connectivity index (χ2n) is 12.9. The van der Waals surface area contributed by atoms with Crippen molar-refractivity contribution < 1.29 is 19.2 Å². The molecule has 1 unspecified atom stereocenters. The van der Waals surface area contributed by atoms with Gasteiger partial charge in [-0.3, -0.25) is 39.1 Å². The molecule has 0 bridgehead atoms. The molecule has 3 N–H and O–H groups in total. The van der Waals surface area contributed by atoms with Crippen molar-refractivity contribution in [2.24, 2.45) is 5.92 Å². The fourth-order valence-electron chi connectivity index (χ4n) is 7.06. The molecular formula is C33H36N8O4. The van der Waals surface area contributed by atoms with E-state index < -0.39 is 23.8 Å². The van der Waals surface area contributed by atoms with Crippen LogP contribution in [0.3, 0.4) is 0 Å². The molecule has 2 saturated carbocycles. The third-order valence-electron chi connectivity index (χ3n) is 9.85. The van der Waals surface area contributed by atoms with Crippen LogP contribution in [0.15, 0.2) is 42.7 Å². The van der Waals surface area contributed by atoms with Crippen LogP contribution in [-0.4, -0.2) is 82.1 Å². The summed E-state index contributed by atoms with van der Waals surface area (Å²) in [5.41, 5.74) is 5.87. The maximum atomic E-state index is 13.2. The van der Waals surface area contributed by atoms with Crippen molar-refractivity contribution in [2.45, 2.75) is 56.5 Å². The topological polar surface area (TPSA) is 142 Å². The fourth-order valence-corrected chi connectivity index (χ4v) is 7.06. The number of nitrogens with zero attached hydrogens (tertiary/aromatic N) is 5. The van der Waals surface area contributed by atoms with Crippen LogP contribution in [0.1, 0.15) is 76.9 Å². The van der Waals surface area contributed by atoms with Gasteiger partial charge in [0.05, 0.1) is 28.6 Å². The number of carbonyl (C=O) groups excluding carboxylic acids is 4. The molecule has 2 saturated heterocycles. The Balaban J connectivity index is 0.909. The Kier molecular flexibility index (Phi) is 6.89. The predicted octanol–water partition coefficient (Wildman–Crippen LogP) is 2.70. The first kappa shape index (κ1) is 27.9. The molecule has 5 aliphatic rings. The quantitative estimate of drug-likeness (QED) is 0.329. The summed E-state index contributed by atoms with van der Waals surface area (Å²) in [5, 5.41) is 14.2. The monoisotopic (exact) mass is 608 g/mol. The summed E-state index contributed by atoms with van der Waals surface area (Å²) in [4.78, 5) is 58.2. The third-order valence-corrected chi connectivity index (χ3v) is 9.85. The van der Waals surface area contributed by atoms with E-state index in [0.717, 1.165) is 67.4 Å². The van der Waals surface area contributed by atoms with Gasteiger partial charge >= 0.3 is 0 Å². The van der Waals surface area contributed by atoms with E-state index in [9.17, 15) is 19.2 Å². The molecule has 0 spiro atoms. The zero-order chi connectivity index (χ0) is 30.7. The number of piperidine rings is 1. The van der Waals surface area contributed by atoms with Crippen molar-refractivity contribution >= 4 is 35.0 Å². The van der Waals surface area contributed by atoms with Crippen molar-refractivity contribution in [3.8, 4) is 11.3 Å². The molecule has 2 aliphatic carbocycles. The van der Waals surface area contributed by atoms with E-state index in [1.165, 1.54) is 24.2 Å². The van der Waals surface area contributed by atoms with Gasteiger partial charge < -0.3 is 15.5 Å². The number of rotatable bonds is 8. The Morgan fingerprint density at radius 3 is 2.49 bits per heavy atom. The highest BCUT2D eigenvalue weighted by atomic mass is 16.2. The van der Waals surface area contributed by atoms with Gasteiger partial charge in [-0.05, 0) is 68.4 Å². The van der Waals surface area contributed by atoms with Crippen molar-refractivity contribution in [1.29, 1.82) is 0 Å². The van der Waals surface area contributed by atoms with Crippen LogP contribution in [0.4, 0.5) is 11.4 Å². The largest absolute Gasteiger partial charge is 0.385 e. The summed E-state index contributed by atoms with van der Waals surface area (Å²) in [6, 6.07) is 8.82. The lowest BCUT2D eigenvalue weighted by molar-refractivity contribution is -0.136. The van der Waals surface area contributed by atoms with Gasteiger partial charge in [-0.15, -0.1) is 0 Å². The molecule has 4 fully saturated rings. The van der Waals surface area contributed by atoms with Gasteiger partial charge in [0.15, 0.2) is 0 Å². The molecule has 4 amide bonds. The standard InChI is InChI=1S/C33H36N8O4/c42-29-6-5-28(31(43)37-29)41-32(44)24-4-3-21(15-25(24)33(41)45)36-17-19-13-23(14-19)40-18-26(30(38-40)20-1-2-20)27-16-22(7-8-35-27)39-11-9-34-10-12-39/h3-4,7-8,15-16,18-20,23,28,34,36H,1-2,5-6,9-14,17H2,(H,37,42,43)/t19-,23-,28?. The fraction of sp³-hybridized carbons (Fsp3) is 0.455. The molecule has 5 heterocycles. The molecule has 0 radical (unpaired) electrons. The minimum absolute atomic E-state index is 0.0989. The van der Waals surface area contributed by atoms with Crippen molar-refractivity contribution in [2.75, 3.05) is 42.9 Å². The molecule has 12 heteroatoms. The molecule has 3 aliphatic heterocycles. The normalized spacial score (nSPS) is 24.8. The van der Waals surface area contributed by atoms with Gasteiger partial charge in [0.25, 0.3) is 11.8 Å². The predicted molar refractivity (Wildman–Crippen MR) is 166 cm³/mol. The summed E-state index contributed by atoms with van der Waals surface area (Å²) in [6.07, 6.45) is 8.71. The highest BCUT2D eigenvalue weighted by Crippen LogP contribution is 2.46. The molecule has 3 aromatic rings. The van der Waals surface area contributed by atoms with E-state index in [2.05, 4.69) is 43.9 Å². The van der Waals surface area contributed by atoms with Crippen LogP contribution >= 0.6 is 0 Å². The first-order valence-electron chi connectivity index (χ1n) is 16.0. The van der Waals surface area contributed by atoms with E-state index in [1.807, 2.05) is 6.20 Å². The third kappa shape index (κ3) is 5.16. The number of benzene rings is 1. The number of hydrogen-bond acceptors (Lipinski definition) is 9. The molecule has 232 valence electrons. The highest BCUT2D eigenvalue weighted by Gasteiger charge is 2.44. The second kappa shape index (κ2) is 11.1. The van der Waals surface area contributed by atoms with Crippen LogP contribution in [0.25, 0.3) is 11.3 Å². The van der Waals surface area contributed by atoms with Gasteiger partial charge in [0.1, 0.15) is 6.04 Å². The Bertz CT molecular complexity index is 1700. The van der Waals surface area contributed by atoms with E-state index in [-0.39, 0.29) is 29.9 Å². The van der Waals surface area contributed by atoms with Gasteiger partial charge in [-0.1, -0.05) is 0 Å². The van der Waals surface area contributed by atoms with Crippen LogP contribution < -0.4 is 20.9 Å². The number of amides is 4. The maximum Gasteiger partial charge on any atom is 0.262 e. The Hall–Kier alpha value is -4.58. The highest BCUT2D eigenvalue weighted by molar-refractivity contribution is 6.23. The first-order chi connectivity index (χ1) is 21.9.